The number of carboxylic acid groups (broad SMARTS) is 1. The van der Waals surface area contributed by atoms with Crippen molar-refractivity contribution < 1.29 is 19.4 Å². The third-order valence-corrected chi connectivity index (χ3v) is 3.00. The van der Waals surface area contributed by atoms with Crippen LogP contribution in [-0.2, 0) is 14.3 Å². The average Bonchev–Trinajstić information content (AvgIpc) is 2.18. The Labute approximate surface area is 99.9 Å². The van der Waals surface area contributed by atoms with Crippen LogP contribution in [-0.4, -0.2) is 48.2 Å². The summed E-state index contributed by atoms with van der Waals surface area (Å²) < 4.78 is 4.81. The van der Waals surface area contributed by atoms with Crippen LogP contribution in [0.1, 0.15) is 13.8 Å². The Morgan fingerprint density at radius 1 is 1.56 bits per heavy atom. The Balaban J connectivity index is 4.52. The highest BCUT2D eigenvalue weighted by molar-refractivity contribution is 7.98. The van der Waals surface area contributed by atoms with Gasteiger partial charge >= 0.3 is 5.97 Å². The number of carbonyl (C=O) groups excluding carboxylic acids is 1. The van der Waals surface area contributed by atoms with Gasteiger partial charge < -0.3 is 15.2 Å². The molecule has 0 spiro atoms. The lowest BCUT2D eigenvalue weighted by Crippen LogP contribution is -2.56. The second-order valence-electron chi connectivity index (χ2n) is 3.92. The van der Waals surface area contributed by atoms with Crippen molar-refractivity contribution in [1.82, 2.24) is 5.32 Å². The first-order valence-corrected chi connectivity index (χ1v) is 6.30. The van der Waals surface area contributed by atoms with E-state index in [1.165, 1.54) is 14.0 Å². The summed E-state index contributed by atoms with van der Waals surface area (Å²) in [5, 5.41) is 11.5. The van der Waals surface area contributed by atoms with Crippen LogP contribution in [0, 0.1) is 5.92 Å². The molecule has 0 saturated heterocycles. The summed E-state index contributed by atoms with van der Waals surface area (Å²) in [6.07, 6.45) is 1.90. The van der Waals surface area contributed by atoms with Gasteiger partial charge in [0.1, 0.15) is 0 Å². The fourth-order valence-electron chi connectivity index (χ4n) is 1.16. The third kappa shape index (κ3) is 4.40. The first-order valence-electron chi connectivity index (χ1n) is 4.90. The van der Waals surface area contributed by atoms with Crippen LogP contribution in [0.15, 0.2) is 0 Å². The molecule has 0 aliphatic rings. The molecule has 6 heteroatoms. The first-order chi connectivity index (χ1) is 7.37. The van der Waals surface area contributed by atoms with Gasteiger partial charge in [-0.15, -0.1) is 0 Å². The summed E-state index contributed by atoms with van der Waals surface area (Å²) in [6, 6.07) is 0. The van der Waals surface area contributed by atoms with Crippen molar-refractivity contribution in [2.75, 3.05) is 25.7 Å². The van der Waals surface area contributed by atoms with E-state index in [0.29, 0.717) is 5.75 Å². The normalized spacial score (nSPS) is 16.2. The number of carbonyl (C=O) groups is 2. The Bertz CT molecular complexity index is 259. The van der Waals surface area contributed by atoms with Crippen LogP contribution in [0.25, 0.3) is 0 Å². The number of carboxylic acids is 1. The summed E-state index contributed by atoms with van der Waals surface area (Å²) in [5.41, 5.74) is -1.36. The predicted molar refractivity (Wildman–Crippen MR) is 63.6 cm³/mol. The van der Waals surface area contributed by atoms with E-state index in [4.69, 9.17) is 9.84 Å². The van der Waals surface area contributed by atoms with Crippen molar-refractivity contribution in [2.24, 2.45) is 5.92 Å². The van der Waals surface area contributed by atoms with Crippen LogP contribution in [0.2, 0.25) is 0 Å². The lowest BCUT2D eigenvalue weighted by Gasteiger charge is -2.26. The molecule has 94 valence electrons. The van der Waals surface area contributed by atoms with Gasteiger partial charge in [0, 0.05) is 18.8 Å². The van der Waals surface area contributed by atoms with Crippen LogP contribution in [0.3, 0.4) is 0 Å². The van der Waals surface area contributed by atoms with Gasteiger partial charge in [-0.1, -0.05) is 6.92 Å². The minimum atomic E-state index is -1.36. The number of ether oxygens (including phenoxy) is 1. The largest absolute Gasteiger partial charge is 0.479 e. The summed E-state index contributed by atoms with van der Waals surface area (Å²) in [6.45, 7) is 3.14. The maximum absolute atomic E-state index is 11.7. The number of thioether (sulfide) groups is 1. The molecule has 0 aromatic heterocycles. The molecule has 0 radical (unpaired) electrons. The van der Waals surface area contributed by atoms with Gasteiger partial charge in [-0.3, -0.25) is 4.79 Å². The Hall–Kier alpha value is -0.750. The number of hydrogen-bond acceptors (Lipinski definition) is 4. The number of rotatable bonds is 7. The van der Waals surface area contributed by atoms with E-state index in [1.54, 1.807) is 18.7 Å². The number of nitrogens with one attached hydrogen (secondary N) is 1. The molecule has 0 heterocycles. The quantitative estimate of drug-likeness (QED) is 0.690. The monoisotopic (exact) mass is 249 g/mol. The van der Waals surface area contributed by atoms with Crippen molar-refractivity contribution >= 4 is 23.6 Å². The molecule has 16 heavy (non-hydrogen) atoms. The molecule has 0 aromatic rings. The van der Waals surface area contributed by atoms with Crippen LogP contribution in [0.4, 0.5) is 0 Å². The van der Waals surface area contributed by atoms with E-state index in [-0.39, 0.29) is 18.4 Å². The van der Waals surface area contributed by atoms with Crippen molar-refractivity contribution in [3.8, 4) is 0 Å². The van der Waals surface area contributed by atoms with Gasteiger partial charge in [-0.05, 0) is 13.2 Å². The molecule has 5 nitrogen and oxygen atoms in total. The molecule has 0 bridgehead atoms. The molecule has 2 unspecified atom stereocenters. The minimum Gasteiger partial charge on any atom is -0.479 e. The topological polar surface area (TPSA) is 75.6 Å². The standard InChI is InChI=1S/C10H19NO4S/c1-7(5-16-4)8(12)11-10(2,6-15-3)9(13)14/h7H,5-6H2,1-4H3,(H,11,12)(H,13,14). The zero-order valence-electron chi connectivity index (χ0n) is 10.1. The second-order valence-corrected chi connectivity index (χ2v) is 4.83. The number of methoxy groups -OCH3 is 1. The van der Waals surface area contributed by atoms with Gasteiger partial charge in [-0.2, -0.15) is 11.8 Å². The summed E-state index contributed by atoms with van der Waals surface area (Å²) >= 11 is 1.55. The van der Waals surface area contributed by atoms with E-state index in [2.05, 4.69) is 5.32 Å². The maximum atomic E-state index is 11.7. The van der Waals surface area contributed by atoms with E-state index in [9.17, 15) is 9.59 Å². The third-order valence-electron chi connectivity index (χ3n) is 2.17. The van der Waals surface area contributed by atoms with Crippen molar-refractivity contribution in [3.63, 3.8) is 0 Å². The summed E-state index contributed by atoms with van der Waals surface area (Å²) in [7, 11) is 1.40. The summed E-state index contributed by atoms with van der Waals surface area (Å²) in [5.74, 6) is -0.921. The number of amides is 1. The molecule has 1 amide bonds. The highest BCUT2D eigenvalue weighted by Gasteiger charge is 2.35. The first kappa shape index (κ1) is 15.2. The molecule has 0 aliphatic heterocycles. The van der Waals surface area contributed by atoms with E-state index in [0.717, 1.165) is 0 Å². The molecule has 0 aliphatic carbocycles. The van der Waals surface area contributed by atoms with E-state index in [1.807, 2.05) is 6.26 Å². The lowest BCUT2D eigenvalue weighted by atomic mass is 10.0. The van der Waals surface area contributed by atoms with Crippen LogP contribution >= 0.6 is 11.8 Å². The highest BCUT2D eigenvalue weighted by atomic mass is 32.2. The van der Waals surface area contributed by atoms with Crippen LogP contribution < -0.4 is 5.32 Å². The molecule has 0 rings (SSSR count). The Morgan fingerprint density at radius 2 is 2.12 bits per heavy atom. The van der Waals surface area contributed by atoms with Crippen molar-refractivity contribution in [2.45, 2.75) is 19.4 Å². The zero-order valence-corrected chi connectivity index (χ0v) is 10.9. The van der Waals surface area contributed by atoms with E-state index >= 15 is 0 Å². The van der Waals surface area contributed by atoms with Crippen LogP contribution in [0.5, 0.6) is 0 Å². The molecular weight excluding hydrogens is 230 g/mol. The molecule has 0 aromatic carbocycles. The minimum absolute atomic E-state index is 0.0555. The van der Waals surface area contributed by atoms with Gasteiger partial charge in [0.2, 0.25) is 5.91 Å². The summed E-state index contributed by atoms with van der Waals surface area (Å²) in [4.78, 5) is 22.7. The van der Waals surface area contributed by atoms with Gasteiger partial charge in [-0.25, -0.2) is 4.79 Å². The van der Waals surface area contributed by atoms with Crippen molar-refractivity contribution in [1.29, 1.82) is 0 Å². The smallest absolute Gasteiger partial charge is 0.331 e. The van der Waals surface area contributed by atoms with Gasteiger partial charge in [0.25, 0.3) is 0 Å². The Kier molecular flexibility index (Phi) is 6.43. The zero-order chi connectivity index (χ0) is 12.8. The average molecular weight is 249 g/mol. The Morgan fingerprint density at radius 3 is 2.50 bits per heavy atom. The molecule has 2 N–H and O–H groups in total. The maximum Gasteiger partial charge on any atom is 0.331 e. The fraction of sp³-hybridized carbons (Fsp3) is 0.800. The molecular formula is C10H19NO4S. The molecule has 0 fully saturated rings. The molecule has 2 atom stereocenters. The number of hydrogen-bond donors (Lipinski definition) is 2. The SMILES string of the molecule is COCC(C)(NC(=O)C(C)CSC)C(=O)O. The fourth-order valence-corrected chi connectivity index (χ4v) is 1.81. The van der Waals surface area contributed by atoms with Crippen molar-refractivity contribution in [3.05, 3.63) is 0 Å². The predicted octanol–water partition coefficient (Wildman–Crippen LogP) is 0.591. The molecule has 0 saturated carbocycles. The van der Waals surface area contributed by atoms with Gasteiger partial charge in [0.15, 0.2) is 5.54 Å². The van der Waals surface area contributed by atoms with Gasteiger partial charge in [0.05, 0.1) is 6.61 Å². The lowest BCUT2D eigenvalue weighted by molar-refractivity contribution is -0.149. The number of aliphatic carboxylic acids is 1. The second kappa shape index (κ2) is 6.75. The highest BCUT2D eigenvalue weighted by Crippen LogP contribution is 2.09. The van der Waals surface area contributed by atoms with E-state index < -0.39 is 11.5 Å².